The number of hydrogen-bond acceptors (Lipinski definition) is 5. The summed E-state index contributed by atoms with van der Waals surface area (Å²) in [7, 11) is 3.74. The van der Waals surface area contributed by atoms with Crippen molar-refractivity contribution in [3.63, 3.8) is 0 Å². The Labute approximate surface area is 107 Å². The summed E-state index contributed by atoms with van der Waals surface area (Å²) in [5.41, 5.74) is -0.323. The van der Waals surface area contributed by atoms with Crippen molar-refractivity contribution in [1.82, 2.24) is 9.97 Å². The van der Waals surface area contributed by atoms with E-state index in [0.717, 1.165) is 0 Å². The summed E-state index contributed by atoms with van der Waals surface area (Å²) < 4.78 is 0. The van der Waals surface area contributed by atoms with Gasteiger partial charge >= 0.3 is 5.97 Å². The molecule has 100 valence electrons. The quantitative estimate of drug-likeness (QED) is 0.800. The van der Waals surface area contributed by atoms with Gasteiger partial charge < -0.3 is 15.3 Å². The lowest BCUT2D eigenvalue weighted by molar-refractivity contribution is -0.137. The number of carboxylic acid groups (broad SMARTS) is 1. The maximum Gasteiger partial charge on any atom is 0.303 e. The van der Waals surface area contributed by atoms with Crippen LogP contribution in [0.1, 0.15) is 26.7 Å². The Bertz CT molecular complexity index is 418. The van der Waals surface area contributed by atoms with Crippen LogP contribution in [0.2, 0.25) is 0 Å². The van der Waals surface area contributed by atoms with Crippen LogP contribution in [-0.2, 0) is 4.79 Å². The van der Waals surface area contributed by atoms with E-state index in [9.17, 15) is 4.79 Å². The summed E-state index contributed by atoms with van der Waals surface area (Å²) in [5, 5.41) is 11.9. The SMILES string of the molecule is CN(C)c1nccc(NC(C)(C)CCC(=O)O)n1. The van der Waals surface area contributed by atoms with Gasteiger partial charge in [0.15, 0.2) is 0 Å². The Morgan fingerprint density at radius 3 is 2.72 bits per heavy atom. The van der Waals surface area contributed by atoms with E-state index in [2.05, 4.69) is 15.3 Å². The maximum atomic E-state index is 10.6. The van der Waals surface area contributed by atoms with Gasteiger partial charge in [0.25, 0.3) is 0 Å². The molecule has 0 amide bonds. The first kappa shape index (κ1) is 14.2. The molecule has 0 saturated heterocycles. The van der Waals surface area contributed by atoms with E-state index in [-0.39, 0.29) is 12.0 Å². The lowest BCUT2D eigenvalue weighted by Crippen LogP contribution is -2.32. The molecule has 0 aromatic carbocycles. The Hall–Kier alpha value is -1.85. The zero-order valence-electron chi connectivity index (χ0n) is 11.3. The van der Waals surface area contributed by atoms with Crippen molar-refractivity contribution in [2.24, 2.45) is 0 Å². The number of aliphatic carboxylic acids is 1. The molecule has 0 aliphatic heterocycles. The van der Waals surface area contributed by atoms with Gasteiger partial charge in [-0.1, -0.05) is 0 Å². The number of aromatic nitrogens is 2. The van der Waals surface area contributed by atoms with Crippen molar-refractivity contribution in [1.29, 1.82) is 0 Å². The third kappa shape index (κ3) is 4.57. The summed E-state index contributed by atoms with van der Waals surface area (Å²) in [5.74, 6) is 0.527. The highest BCUT2D eigenvalue weighted by Gasteiger charge is 2.19. The lowest BCUT2D eigenvalue weighted by Gasteiger charge is -2.26. The third-order valence-corrected chi connectivity index (χ3v) is 2.47. The number of anilines is 2. The predicted molar refractivity (Wildman–Crippen MR) is 70.9 cm³/mol. The largest absolute Gasteiger partial charge is 0.481 e. The Morgan fingerprint density at radius 1 is 1.50 bits per heavy atom. The minimum absolute atomic E-state index is 0.131. The minimum Gasteiger partial charge on any atom is -0.481 e. The zero-order chi connectivity index (χ0) is 13.8. The molecule has 6 heteroatoms. The first-order valence-corrected chi connectivity index (χ1v) is 5.80. The van der Waals surface area contributed by atoms with E-state index in [0.29, 0.717) is 18.2 Å². The second-order valence-electron chi connectivity index (χ2n) is 5.04. The molecule has 0 bridgehead atoms. The molecule has 1 heterocycles. The topological polar surface area (TPSA) is 78.4 Å². The van der Waals surface area contributed by atoms with Gasteiger partial charge in [0, 0.05) is 32.3 Å². The number of rotatable bonds is 6. The van der Waals surface area contributed by atoms with Gasteiger partial charge in [-0.15, -0.1) is 0 Å². The summed E-state index contributed by atoms with van der Waals surface area (Å²) in [6.45, 7) is 3.90. The van der Waals surface area contributed by atoms with Gasteiger partial charge in [-0.2, -0.15) is 4.98 Å². The molecule has 0 spiro atoms. The second kappa shape index (κ2) is 5.66. The minimum atomic E-state index is -0.790. The lowest BCUT2D eigenvalue weighted by atomic mass is 9.98. The molecule has 18 heavy (non-hydrogen) atoms. The number of carboxylic acids is 1. The molecule has 1 aromatic heterocycles. The van der Waals surface area contributed by atoms with Crippen molar-refractivity contribution < 1.29 is 9.90 Å². The van der Waals surface area contributed by atoms with Gasteiger partial charge in [0.05, 0.1) is 0 Å². The normalized spacial score (nSPS) is 11.1. The highest BCUT2D eigenvalue weighted by molar-refractivity contribution is 5.66. The van der Waals surface area contributed by atoms with Crippen LogP contribution in [0.5, 0.6) is 0 Å². The van der Waals surface area contributed by atoms with Crippen LogP contribution in [-0.4, -0.2) is 40.7 Å². The van der Waals surface area contributed by atoms with Gasteiger partial charge in [-0.3, -0.25) is 4.79 Å². The summed E-state index contributed by atoms with van der Waals surface area (Å²) in [6, 6.07) is 1.77. The van der Waals surface area contributed by atoms with Crippen LogP contribution in [0.4, 0.5) is 11.8 Å². The van der Waals surface area contributed by atoms with E-state index in [1.54, 1.807) is 12.3 Å². The zero-order valence-corrected chi connectivity index (χ0v) is 11.3. The summed E-state index contributed by atoms with van der Waals surface area (Å²) in [4.78, 5) is 20.9. The molecule has 0 atom stereocenters. The number of nitrogens with one attached hydrogen (secondary N) is 1. The summed E-state index contributed by atoms with van der Waals surface area (Å²) >= 11 is 0. The van der Waals surface area contributed by atoms with E-state index < -0.39 is 5.97 Å². The average molecular weight is 252 g/mol. The van der Waals surface area contributed by atoms with Crippen LogP contribution in [0.15, 0.2) is 12.3 Å². The van der Waals surface area contributed by atoms with Crippen LogP contribution < -0.4 is 10.2 Å². The van der Waals surface area contributed by atoms with Crippen LogP contribution in [0.3, 0.4) is 0 Å². The molecule has 0 aliphatic carbocycles. The Morgan fingerprint density at radius 2 is 2.17 bits per heavy atom. The van der Waals surface area contributed by atoms with Crippen LogP contribution in [0.25, 0.3) is 0 Å². The van der Waals surface area contributed by atoms with Crippen molar-refractivity contribution in [2.75, 3.05) is 24.3 Å². The second-order valence-corrected chi connectivity index (χ2v) is 5.04. The maximum absolute atomic E-state index is 10.6. The van der Waals surface area contributed by atoms with Crippen LogP contribution in [0, 0.1) is 0 Å². The third-order valence-electron chi connectivity index (χ3n) is 2.47. The molecule has 0 aliphatic rings. The standard InChI is InChI=1S/C12H20N4O2/c1-12(2,7-5-10(17)18)15-9-6-8-13-11(14-9)16(3)4/h6,8H,5,7H2,1-4H3,(H,17,18)(H,13,14,15). The first-order chi connectivity index (χ1) is 8.30. The van der Waals surface area contributed by atoms with E-state index in [4.69, 9.17) is 5.11 Å². The molecular weight excluding hydrogens is 232 g/mol. The first-order valence-electron chi connectivity index (χ1n) is 5.80. The van der Waals surface area contributed by atoms with Gasteiger partial charge in [0.2, 0.25) is 5.95 Å². The van der Waals surface area contributed by atoms with Gasteiger partial charge in [0.1, 0.15) is 5.82 Å². The summed E-state index contributed by atoms with van der Waals surface area (Å²) in [6.07, 6.45) is 2.34. The smallest absolute Gasteiger partial charge is 0.303 e. The Balaban J connectivity index is 2.71. The van der Waals surface area contributed by atoms with Crippen molar-refractivity contribution in [3.05, 3.63) is 12.3 Å². The molecule has 1 rings (SSSR count). The molecule has 2 N–H and O–H groups in total. The molecule has 1 aromatic rings. The highest BCUT2D eigenvalue weighted by atomic mass is 16.4. The number of carbonyl (C=O) groups is 1. The van der Waals surface area contributed by atoms with E-state index in [1.165, 1.54) is 0 Å². The molecule has 0 radical (unpaired) electrons. The molecule has 6 nitrogen and oxygen atoms in total. The molecule has 0 fully saturated rings. The molecule has 0 saturated carbocycles. The fourth-order valence-corrected chi connectivity index (χ4v) is 1.46. The Kier molecular flexibility index (Phi) is 4.47. The molecule has 0 unspecified atom stereocenters. The van der Waals surface area contributed by atoms with Crippen molar-refractivity contribution >= 4 is 17.7 Å². The monoisotopic (exact) mass is 252 g/mol. The van der Waals surface area contributed by atoms with Crippen molar-refractivity contribution in [3.8, 4) is 0 Å². The fraction of sp³-hybridized carbons (Fsp3) is 0.583. The van der Waals surface area contributed by atoms with Gasteiger partial charge in [-0.25, -0.2) is 4.98 Å². The van der Waals surface area contributed by atoms with Crippen molar-refractivity contribution in [2.45, 2.75) is 32.2 Å². The van der Waals surface area contributed by atoms with Crippen LogP contribution >= 0.6 is 0 Å². The fourth-order valence-electron chi connectivity index (χ4n) is 1.46. The number of nitrogens with zero attached hydrogens (tertiary/aromatic N) is 3. The number of hydrogen-bond donors (Lipinski definition) is 2. The van der Waals surface area contributed by atoms with E-state index >= 15 is 0 Å². The van der Waals surface area contributed by atoms with Gasteiger partial charge in [-0.05, 0) is 26.3 Å². The predicted octanol–water partition coefficient (Wildman–Crippen LogP) is 1.60. The average Bonchev–Trinajstić information content (AvgIpc) is 2.26. The van der Waals surface area contributed by atoms with E-state index in [1.807, 2.05) is 32.8 Å². The molecular formula is C12H20N4O2. The highest BCUT2D eigenvalue weighted by Crippen LogP contribution is 2.19.